The first-order valence-electron chi connectivity index (χ1n) is 7.16. The van der Waals surface area contributed by atoms with Crippen molar-refractivity contribution in [2.24, 2.45) is 5.41 Å². The van der Waals surface area contributed by atoms with Crippen LogP contribution < -0.4 is 9.47 Å². The van der Waals surface area contributed by atoms with E-state index in [1.54, 1.807) is 32.0 Å². The molecule has 6 heteroatoms. The molecule has 1 aromatic rings. The normalized spacial score (nSPS) is 17.6. The first-order valence-corrected chi connectivity index (χ1v) is 7.16. The molecule has 1 aliphatic heterocycles. The molecule has 22 heavy (non-hydrogen) atoms. The maximum atomic E-state index is 12.3. The summed E-state index contributed by atoms with van der Waals surface area (Å²) >= 11 is 0. The predicted molar refractivity (Wildman–Crippen MR) is 77.5 cm³/mol. The van der Waals surface area contributed by atoms with E-state index in [4.69, 9.17) is 18.9 Å². The number of cyclic esters (lactones) is 2. The van der Waals surface area contributed by atoms with E-state index in [0.29, 0.717) is 29.9 Å². The molecule has 1 aliphatic rings. The van der Waals surface area contributed by atoms with Crippen LogP contribution in [-0.2, 0) is 19.1 Å². The zero-order valence-corrected chi connectivity index (χ0v) is 13.2. The van der Waals surface area contributed by atoms with Gasteiger partial charge in [-0.1, -0.05) is 13.8 Å². The van der Waals surface area contributed by atoms with Crippen LogP contribution in [0.5, 0.6) is 11.5 Å². The standard InChI is InChI=1S/C16H20O6/c1-5-16(6-2)14(17)21-13(22-15(16)18)10-7-8-11(19-3)12(9-10)20-4/h7-9,13H,5-6H2,1-4H3. The SMILES string of the molecule is CCC1(CC)C(=O)OC(c2ccc(OC)c(OC)c2)OC1=O. The molecule has 1 aromatic carbocycles. The second kappa shape index (κ2) is 6.25. The van der Waals surface area contributed by atoms with E-state index >= 15 is 0 Å². The van der Waals surface area contributed by atoms with Gasteiger partial charge in [-0.2, -0.15) is 0 Å². The van der Waals surface area contributed by atoms with Crippen molar-refractivity contribution >= 4 is 11.9 Å². The molecule has 0 aromatic heterocycles. The van der Waals surface area contributed by atoms with Crippen LogP contribution in [0.1, 0.15) is 38.5 Å². The van der Waals surface area contributed by atoms with Crippen LogP contribution in [0.15, 0.2) is 18.2 Å². The topological polar surface area (TPSA) is 71.1 Å². The van der Waals surface area contributed by atoms with Crippen molar-refractivity contribution in [3.8, 4) is 11.5 Å². The molecule has 0 amide bonds. The molecule has 0 radical (unpaired) electrons. The summed E-state index contributed by atoms with van der Waals surface area (Å²) in [4.78, 5) is 24.5. The highest BCUT2D eigenvalue weighted by molar-refractivity contribution is 6.01. The van der Waals surface area contributed by atoms with E-state index in [-0.39, 0.29) is 0 Å². The average Bonchev–Trinajstić information content (AvgIpc) is 2.54. The lowest BCUT2D eigenvalue weighted by Crippen LogP contribution is -2.46. The van der Waals surface area contributed by atoms with Crippen molar-refractivity contribution in [3.05, 3.63) is 23.8 Å². The molecular weight excluding hydrogens is 288 g/mol. The minimum atomic E-state index is -1.20. The maximum Gasteiger partial charge on any atom is 0.326 e. The molecule has 0 atom stereocenters. The van der Waals surface area contributed by atoms with E-state index in [1.807, 2.05) is 0 Å². The number of ether oxygens (including phenoxy) is 4. The van der Waals surface area contributed by atoms with Crippen LogP contribution in [0.25, 0.3) is 0 Å². The zero-order valence-electron chi connectivity index (χ0n) is 13.2. The Morgan fingerprint density at radius 2 is 1.55 bits per heavy atom. The number of carbonyl (C=O) groups is 2. The van der Waals surface area contributed by atoms with E-state index in [2.05, 4.69) is 0 Å². The molecule has 6 nitrogen and oxygen atoms in total. The Labute approximate surface area is 129 Å². The predicted octanol–water partition coefficient (Wildman–Crippen LogP) is 2.61. The second-order valence-corrected chi connectivity index (χ2v) is 5.05. The Morgan fingerprint density at radius 1 is 1.00 bits per heavy atom. The number of rotatable bonds is 5. The van der Waals surface area contributed by atoms with Crippen molar-refractivity contribution in [2.75, 3.05) is 14.2 Å². The Morgan fingerprint density at radius 3 is 2.00 bits per heavy atom. The van der Waals surface area contributed by atoms with Crippen LogP contribution in [0, 0.1) is 5.41 Å². The summed E-state index contributed by atoms with van der Waals surface area (Å²) in [5.74, 6) is -0.0897. The molecule has 1 fully saturated rings. The molecule has 0 spiro atoms. The van der Waals surface area contributed by atoms with Gasteiger partial charge in [0, 0.05) is 5.56 Å². The van der Waals surface area contributed by atoms with Crippen molar-refractivity contribution < 1.29 is 28.5 Å². The van der Waals surface area contributed by atoms with Gasteiger partial charge in [0.2, 0.25) is 0 Å². The largest absolute Gasteiger partial charge is 0.493 e. The van der Waals surface area contributed by atoms with Crippen LogP contribution in [0.4, 0.5) is 0 Å². The van der Waals surface area contributed by atoms with E-state index in [0.717, 1.165) is 0 Å². The van der Waals surface area contributed by atoms with E-state index in [9.17, 15) is 9.59 Å². The number of hydrogen-bond acceptors (Lipinski definition) is 6. The second-order valence-electron chi connectivity index (χ2n) is 5.05. The van der Waals surface area contributed by atoms with Crippen molar-refractivity contribution in [1.82, 2.24) is 0 Å². The summed E-state index contributed by atoms with van der Waals surface area (Å²) in [7, 11) is 3.02. The number of benzene rings is 1. The molecule has 1 saturated heterocycles. The number of esters is 2. The fourth-order valence-electron chi connectivity index (χ4n) is 2.49. The maximum absolute atomic E-state index is 12.3. The van der Waals surface area contributed by atoms with Crippen LogP contribution in [-0.4, -0.2) is 26.2 Å². The molecule has 120 valence electrons. The summed E-state index contributed by atoms with van der Waals surface area (Å²) < 4.78 is 21.0. The minimum absolute atomic E-state index is 0.347. The summed E-state index contributed by atoms with van der Waals surface area (Å²) in [5, 5.41) is 0. The van der Waals surface area contributed by atoms with Gasteiger partial charge in [0.05, 0.1) is 14.2 Å². The molecular formula is C16H20O6. The third-order valence-electron chi connectivity index (χ3n) is 4.10. The van der Waals surface area contributed by atoms with Crippen molar-refractivity contribution in [3.63, 3.8) is 0 Å². The monoisotopic (exact) mass is 308 g/mol. The Balaban J connectivity index is 2.30. The van der Waals surface area contributed by atoms with Gasteiger partial charge in [0.1, 0.15) is 0 Å². The minimum Gasteiger partial charge on any atom is -0.493 e. The molecule has 2 rings (SSSR count). The molecule has 0 N–H and O–H groups in total. The highest BCUT2D eigenvalue weighted by atomic mass is 16.7. The lowest BCUT2D eigenvalue weighted by molar-refractivity contribution is -0.226. The smallest absolute Gasteiger partial charge is 0.326 e. The van der Waals surface area contributed by atoms with Gasteiger partial charge < -0.3 is 18.9 Å². The van der Waals surface area contributed by atoms with Gasteiger partial charge in [-0.05, 0) is 31.0 Å². The van der Waals surface area contributed by atoms with Crippen LogP contribution in [0.3, 0.4) is 0 Å². The van der Waals surface area contributed by atoms with Crippen LogP contribution in [0.2, 0.25) is 0 Å². The summed E-state index contributed by atoms with van der Waals surface area (Å²) in [6.07, 6.45) is -0.370. The first kappa shape index (κ1) is 16.1. The van der Waals surface area contributed by atoms with Crippen molar-refractivity contribution in [1.29, 1.82) is 0 Å². The molecule has 0 unspecified atom stereocenters. The van der Waals surface area contributed by atoms with Gasteiger partial charge in [-0.3, -0.25) is 9.59 Å². The Hall–Kier alpha value is -2.24. The molecule has 0 aliphatic carbocycles. The van der Waals surface area contributed by atoms with Crippen LogP contribution >= 0.6 is 0 Å². The number of carbonyl (C=O) groups excluding carboxylic acids is 2. The quantitative estimate of drug-likeness (QED) is 0.615. The van der Waals surface area contributed by atoms with E-state index < -0.39 is 23.6 Å². The molecule has 0 bridgehead atoms. The van der Waals surface area contributed by atoms with Gasteiger partial charge in [0.15, 0.2) is 16.9 Å². The van der Waals surface area contributed by atoms with Crippen molar-refractivity contribution in [2.45, 2.75) is 33.0 Å². The zero-order chi connectivity index (χ0) is 16.3. The van der Waals surface area contributed by atoms with Gasteiger partial charge in [-0.25, -0.2) is 0 Å². The lowest BCUT2D eigenvalue weighted by Gasteiger charge is -2.35. The number of hydrogen-bond donors (Lipinski definition) is 0. The van der Waals surface area contributed by atoms with Gasteiger partial charge in [0.25, 0.3) is 6.29 Å². The lowest BCUT2D eigenvalue weighted by atomic mass is 9.82. The fraction of sp³-hybridized carbons (Fsp3) is 0.500. The average molecular weight is 308 g/mol. The Bertz CT molecular complexity index is 556. The fourth-order valence-corrected chi connectivity index (χ4v) is 2.49. The summed E-state index contributed by atoms with van der Waals surface area (Å²) in [6.45, 7) is 3.53. The van der Waals surface area contributed by atoms with Gasteiger partial charge >= 0.3 is 11.9 Å². The molecule has 1 heterocycles. The number of methoxy groups -OCH3 is 2. The summed E-state index contributed by atoms with van der Waals surface area (Å²) in [5.41, 5.74) is -0.687. The highest BCUT2D eigenvalue weighted by Crippen LogP contribution is 2.40. The molecule has 0 saturated carbocycles. The first-order chi connectivity index (χ1) is 10.5. The third-order valence-corrected chi connectivity index (χ3v) is 4.10. The third kappa shape index (κ3) is 2.49. The Kier molecular flexibility index (Phi) is 4.59. The van der Waals surface area contributed by atoms with E-state index in [1.165, 1.54) is 14.2 Å². The summed E-state index contributed by atoms with van der Waals surface area (Å²) in [6, 6.07) is 4.95. The highest BCUT2D eigenvalue weighted by Gasteiger charge is 2.51. The van der Waals surface area contributed by atoms with Gasteiger partial charge in [-0.15, -0.1) is 0 Å².